The van der Waals surface area contributed by atoms with Crippen LogP contribution in [-0.2, 0) is 30.3 Å². The smallest absolute Gasteiger partial charge is 0.164 e. The second-order valence-corrected chi connectivity index (χ2v) is 17.0. The van der Waals surface area contributed by atoms with Crippen molar-refractivity contribution < 1.29 is 30.0 Å². The Labute approximate surface area is 311 Å². The van der Waals surface area contributed by atoms with Crippen molar-refractivity contribution in [2.24, 2.45) is 10.8 Å². The molecule has 0 fully saturated rings. The fourth-order valence-electron chi connectivity index (χ4n) is 5.92. The van der Waals surface area contributed by atoms with Gasteiger partial charge in [-0.25, -0.2) is 4.98 Å². The molecule has 1 radical (unpaired) electrons. The summed E-state index contributed by atoms with van der Waals surface area (Å²) in [5, 5.41) is 19.5. The fourth-order valence-corrected chi connectivity index (χ4v) is 9.26. The first-order valence-electron chi connectivity index (χ1n) is 16.6. The van der Waals surface area contributed by atoms with Crippen molar-refractivity contribution in [3.8, 4) is 11.3 Å². The number of thiophene rings is 3. The van der Waals surface area contributed by atoms with Crippen LogP contribution in [0.2, 0.25) is 0 Å². The molecular weight excluding hydrogens is 829 g/mol. The molecule has 0 saturated heterocycles. The summed E-state index contributed by atoms with van der Waals surface area (Å²) in [5.74, 6) is 0.286. The van der Waals surface area contributed by atoms with E-state index in [2.05, 4.69) is 73.8 Å². The van der Waals surface area contributed by atoms with Gasteiger partial charge in [0, 0.05) is 62.9 Å². The SMILES string of the molecule is CCC(C)(CC)C(=O)/C=C(\O)C(C)(CC)CC.Cc1csc2ccc3c(sc4ncnc(-c5[c-]c6ccsc6c(C(C)(C)C)c5)c43)c12.[Ir]. The first-order valence-corrected chi connectivity index (χ1v) is 19.2. The maximum absolute atomic E-state index is 12.2. The minimum Gasteiger partial charge on any atom is -0.512 e. The van der Waals surface area contributed by atoms with Gasteiger partial charge in [-0.1, -0.05) is 79.5 Å². The molecule has 0 amide bonds. The normalized spacial score (nSPS) is 12.8. The number of aromatic nitrogens is 2. The second-order valence-electron chi connectivity index (χ2n) is 14.2. The fraction of sp³-hybridized carbons (Fsp3) is 0.425. The summed E-state index contributed by atoms with van der Waals surface area (Å²) in [7, 11) is 0. The number of allylic oxidation sites excluding steroid dienone is 2. The van der Waals surface area contributed by atoms with E-state index in [1.165, 1.54) is 47.5 Å². The molecule has 0 spiro atoms. The first kappa shape index (κ1) is 38.3. The van der Waals surface area contributed by atoms with Crippen molar-refractivity contribution in [1.82, 2.24) is 9.97 Å². The first-order chi connectivity index (χ1) is 22.2. The molecule has 0 aliphatic rings. The number of ketones is 1. The summed E-state index contributed by atoms with van der Waals surface area (Å²) in [4.78, 5) is 22.6. The predicted molar refractivity (Wildman–Crippen MR) is 206 cm³/mol. The molecule has 4 nitrogen and oxygen atoms in total. The third-order valence-electron chi connectivity index (χ3n) is 10.3. The van der Waals surface area contributed by atoms with Gasteiger partial charge in [-0.2, -0.15) is 11.3 Å². The molecule has 8 heteroatoms. The van der Waals surface area contributed by atoms with E-state index in [0.717, 1.165) is 47.2 Å². The van der Waals surface area contributed by atoms with Crippen molar-refractivity contribution >= 4 is 80.3 Å². The number of aliphatic hydroxyl groups is 1. The summed E-state index contributed by atoms with van der Waals surface area (Å²) in [6.07, 6.45) is 6.46. The van der Waals surface area contributed by atoms with Gasteiger partial charge in [0.15, 0.2) is 5.78 Å². The summed E-state index contributed by atoms with van der Waals surface area (Å²) in [6, 6.07) is 12.6. The van der Waals surface area contributed by atoms with Crippen LogP contribution in [0.15, 0.2) is 53.2 Å². The molecule has 257 valence electrons. The van der Waals surface area contributed by atoms with Crippen LogP contribution >= 0.6 is 34.0 Å². The van der Waals surface area contributed by atoms with Crippen molar-refractivity contribution in [3.63, 3.8) is 0 Å². The zero-order valence-electron chi connectivity index (χ0n) is 29.8. The Bertz CT molecular complexity index is 2100. The van der Waals surface area contributed by atoms with Crippen LogP contribution in [-0.4, -0.2) is 20.9 Å². The number of aliphatic hydroxyl groups excluding tert-OH is 1. The van der Waals surface area contributed by atoms with E-state index in [9.17, 15) is 9.90 Å². The van der Waals surface area contributed by atoms with E-state index in [1.54, 1.807) is 29.0 Å². The molecule has 48 heavy (non-hydrogen) atoms. The summed E-state index contributed by atoms with van der Waals surface area (Å²) in [6.45, 7) is 21.1. The molecule has 0 saturated carbocycles. The number of aryl methyl sites for hydroxylation is 1. The molecule has 0 unspecified atom stereocenters. The largest absolute Gasteiger partial charge is 0.512 e. The van der Waals surface area contributed by atoms with Crippen molar-refractivity contribution in [3.05, 3.63) is 70.4 Å². The number of rotatable bonds is 8. The Morgan fingerprint density at radius 1 is 0.896 bits per heavy atom. The molecule has 4 heterocycles. The topological polar surface area (TPSA) is 63.1 Å². The Balaban J connectivity index is 0.000000251. The van der Waals surface area contributed by atoms with Crippen LogP contribution in [0.5, 0.6) is 0 Å². The number of carbonyl (C=O) groups excluding carboxylic acids is 1. The molecule has 1 N–H and O–H groups in total. The molecule has 0 aliphatic carbocycles. The van der Waals surface area contributed by atoms with Crippen molar-refractivity contribution in [2.45, 2.75) is 100 Å². The van der Waals surface area contributed by atoms with Gasteiger partial charge in [0.2, 0.25) is 0 Å². The summed E-state index contributed by atoms with van der Waals surface area (Å²) < 4.78 is 3.97. The van der Waals surface area contributed by atoms with Gasteiger partial charge >= 0.3 is 0 Å². The zero-order valence-corrected chi connectivity index (χ0v) is 34.6. The van der Waals surface area contributed by atoms with Crippen LogP contribution in [0.4, 0.5) is 0 Å². The molecule has 0 atom stereocenters. The standard InChI is InChI=1S/C25H19N2S3.C15H28O2.Ir/c1-13-11-29-18-6-5-16-20-21(26-12-27-24(20)30-23(16)19(13)18)15-9-14-7-8-28-22(14)17(10-15)25(2,3)4;1-7-14(5,8-2)12(16)11-13(17)15(6,9-3)10-4;/h5-8,10-12H,1-4H3;11,16H,7-10H2,1-6H3;/q-1;;/b;12-11-;. The van der Waals surface area contributed by atoms with E-state index < -0.39 is 0 Å². The van der Waals surface area contributed by atoms with E-state index in [1.807, 2.05) is 52.9 Å². The maximum Gasteiger partial charge on any atom is 0.164 e. The number of carbonyl (C=O) groups is 1. The number of nitrogens with zero attached hydrogens (tertiary/aromatic N) is 2. The molecule has 6 aromatic rings. The van der Waals surface area contributed by atoms with Gasteiger partial charge in [0.05, 0.1) is 0 Å². The quantitative estimate of drug-likeness (QED) is 0.0940. The van der Waals surface area contributed by atoms with Crippen LogP contribution in [0.25, 0.3) is 51.7 Å². The molecule has 0 aliphatic heterocycles. The Morgan fingerprint density at radius 2 is 1.56 bits per heavy atom. The van der Waals surface area contributed by atoms with E-state index in [-0.39, 0.29) is 47.9 Å². The Hall–Kier alpha value is -2.48. The average molecular weight is 876 g/mol. The number of benzene rings is 2. The van der Waals surface area contributed by atoms with E-state index in [0.29, 0.717) is 0 Å². The Kier molecular flexibility index (Phi) is 11.8. The molecule has 0 bridgehead atoms. The van der Waals surface area contributed by atoms with Crippen LogP contribution in [0.1, 0.15) is 99.1 Å². The van der Waals surface area contributed by atoms with Gasteiger partial charge in [-0.3, -0.25) is 9.78 Å². The number of hydrogen-bond donors (Lipinski definition) is 1. The molecular formula is C40H47IrN2O2S3-. The van der Waals surface area contributed by atoms with Gasteiger partial charge in [-0.15, -0.1) is 46.3 Å². The predicted octanol–water partition coefficient (Wildman–Crippen LogP) is 13.0. The van der Waals surface area contributed by atoms with Crippen LogP contribution in [0.3, 0.4) is 0 Å². The van der Waals surface area contributed by atoms with Crippen LogP contribution < -0.4 is 0 Å². The maximum atomic E-state index is 12.2. The number of hydrogen-bond acceptors (Lipinski definition) is 7. The molecule has 2 aromatic carbocycles. The van der Waals surface area contributed by atoms with E-state index >= 15 is 0 Å². The third kappa shape index (κ3) is 7.07. The van der Waals surface area contributed by atoms with Gasteiger partial charge in [0.25, 0.3) is 0 Å². The average Bonchev–Trinajstić information content (AvgIpc) is 3.79. The summed E-state index contributed by atoms with van der Waals surface area (Å²) >= 11 is 5.39. The second kappa shape index (κ2) is 14.8. The van der Waals surface area contributed by atoms with Gasteiger partial charge in [0.1, 0.15) is 16.9 Å². The Morgan fingerprint density at radius 3 is 2.19 bits per heavy atom. The van der Waals surface area contributed by atoms with Crippen LogP contribution in [0, 0.1) is 23.8 Å². The van der Waals surface area contributed by atoms with Gasteiger partial charge in [-0.05, 0) is 70.5 Å². The van der Waals surface area contributed by atoms with Crippen molar-refractivity contribution in [2.75, 3.05) is 0 Å². The van der Waals surface area contributed by atoms with Crippen molar-refractivity contribution in [1.29, 1.82) is 0 Å². The van der Waals surface area contributed by atoms with E-state index in [4.69, 9.17) is 4.98 Å². The molecule has 4 aromatic heterocycles. The molecule has 6 rings (SSSR count). The minimum atomic E-state index is -0.337. The van der Waals surface area contributed by atoms with Gasteiger partial charge < -0.3 is 5.11 Å². The zero-order chi connectivity index (χ0) is 34.3. The third-order valence-corrected chi connectivity index (χ3v) is 13.4. The number of fused-ring (bicyclic) bond motifs is 6. The minimum absolute atomic E-state index is 0. The summed E-state index contributed by atoms with van der Waals surface area (Å²) in [5.41, 5.74) is 4.17. The monoisotopic (exact) mass is 876 g/mol.